The van der Waals surface area contributed by atoms with E-state index >= 15 is 0 Å². The first-order chi connectivity index (χ1) is 16.9. The van der Waals surface area contributed by atoms with Crippen molar-refractivity contribution in [3.05, 3.63) is 89.2 Å². The van der Waals surface area contributed by atoms with Gasteiger partial charge in [-0.2, -0.15) is 0 Å². The molecule has 4 aromatic rings. The fourth-order valence-corrected chi connectivity index (χ4v) is 4.05. The molecule has 0 atom stereocenters. The summed E-state index contributed by atoms with van der Waals surface area (Å²) < 4.78 is 24.7. The molecule has 0 aliphatic carbocycles. The lowest BCUT2D eigenvalue weighted by molar-refractivity contribution is 0.102. The van der Waals surface area contributed by atoms with E-state index in [-0.39, 0.29) is 5.56 Å². The van der Waals surface area contributed by atoms with Crippen LogP contribution in [0, 0.1) is 5.82 Å². The summed E-state index contributed by atoms with van der Waals surface area (Å²) in [7, 11) is 3.06. The van der Waals surface area contributed by atoms with Gasteiger partial charge in [0.05, 0.1) is 30.5 Å². The van der Waals surface area contributed by atoms with E-state index in [0.717, 1.165) is 10.8 Å². The fourth-order valence-electron chi connectivity index (χ4n) is 3.59. The summed E-state index contributed by atoms with van der Waals surface area (Å²) in [5, 5.41) is 11.3. The first-order valence-electron chi connectivity index (χ1n) is 10.5. The van der Waals surface area contributed by atoms with Crippen LogP contribution in [0.5, 0.6) is 11.5 Å². The van der Waals surface area contributed by atoms with E-state index in [2.05, 4.69) is 16.0 Å². The fraction of sp³-hybridized carbons (Fsp3) is 0.0769. The number of hydrogen-bond donors (Lipinski definition) is 3. The Morgan fingerprint density at radius 3 is 2.00 bits per heavy atom. The van der Waals surface area contributed by atoms with Crippen molar-refractivity contribution in [3.63, 3.8) is 0 Å². The maximum Gasteiger partial charge on any atom is 0.258 e. The maximum absolute atomic E-state index is 14.0. The molecule has 0 saturated carbocycles. The smallest absolute Gasteiger partial charge is 0.258 e. The van der Waals surface area contributed by atoms with Crippen LogP contribution in [0.3, 0.4) is 0 Å². The number of thiocarbonyl (C=S) groups is 1. The standard InChI is InChI=1S/C26H21ClFN3O3S/c1-33-23-14-24(34-2)22(13-18(23)27)31-26(35)30-21-12-11-20(15-7-3-4-8-16(15)21)29-25(32)17-9-5-6-10-19(17)28/h3-14H,1-2H3,(H,29,32)(H2,30,31,35). The van der Waals surface area contributed by atoms with Crippen molar-refractivity contribution in [2.24, 2.45) is 0 Å². The van der Waals surface area contributed by atoms with Gasteiger partial charge in [0.1, 0.15) is 17.3 Å². The molecule has 35 heavy (non-hydrogen) atoms. The lowest BCUT2D eigenvalue weighted by Gasteiger charge is -2.17. The van der Waals surface area contributed by atoms with Crippen LogP contribution in [-0.4, -0.2) is 25.2 Å². The van der Waals surface area contributed by atoms with Crippen molar-refractivity contribution in [1.29, 1.82) is 0 Å². The van der Waals surface area contributed by atoms with Crippen molar-refractivity contribution in [3.8, 4) is 11.5 Å². The van der Waals surface area contributed by atoms with Gasteiger partial charge in [0.25, 0.3) is 5.91 Å². The topological polar surface area (TPSA) is 71.6 Å². The minimum Gasteiger partial charge on any atom is -0.495 e. The van der Waals surface area contributed by atoms with E-state index in [9.17, 15) is 9.18 Å². The Labute approximate surface area is 212 Å². The second kappa shape index (κ2) is 10.6. The molecule has 4 aromatic carbocycles. The molecule has 0 fully saturated rings. The third-order valence-electron chi connectivity index (χ3n) is 5.26. The number of nitrogens with one attached hydrogen (secondary N) is 3. The van der Waals surface area contributed by atoms with Gasteiger partial charge in [-0.1, -0.05) is 48.0 Å². The van der Waals surface area contributed by atoms with Gasteiger partial charge >= 0.3 is 0 Å². The zero-order chi connectivity index (χ0) is 24.9. The van der Waals surface area contributed by atoms with Crippen LogP contribution in [0.1, 0.15) is 10.4 Å². The van der Waals surface area contributed by atoms with Gasteiger partial charge in [0.15, 0.2) is 5.11 Å². The van der Waals surface area contributed by atoms with Crippen molar-refractivity contribution in [2.45, 2.75) is 0 Å². The molecule has 3 N–H and O–H groups in total. The molecule has 4 rings (SSSR count). The van der Waals surface area contributed by atoms with Gasteiger partial charge in [0, 0.05) is 28.2 Å². The molecule has 0 saturated heterocycles. The van der Waals surface area contributed by atoms with Crippen LogP contribution in [0.25, 0.3) is 10.8 Å². The van der Waals surface area contributed by atoms with Crippen LogP contribution < -0.4 is 25.4 Å². The summed E-state index contributed by atoms with van der Waals surface area (Å²) >= 11 is 11.8. The van der Waals surface area contributed by atoms with E-state index in [4.69, 9.17) is 33.3 Å². The predicted molar refractivity (Wildman–Crippen MR) is 143 cm³/mol. The average Bonchev–Trinajstić information content (AvgIpc) is 2.86. The summed E-state index contributed by atoms with van der Waals surface area (Å²) in [6, 6.07) is 20.2. The first kappa shape index (κ1) is 24.3. The van der Waals surface area contributed by atoms with Gasteiger partial charge in [-0.25, -0.2) is 4.39 Å². The number of amides is 1. The van der Waals surface area contributed by atoms with E-state index in [1.54, 1.807) is 30.3 Å². The summed E-state index contributed by atoms with van der Waals surface area (Å²) in [4.78, 5) is 12.6. The number of hydrogen-bond acceptors (Lipinski definition) is 4. The van der Waals surface area contributed by atoms with Crippen LogP contribution in [-0.2, 0) is 0 Å². The quantitative estimate of drug-likeness (QED) is 0.251. The van der Waals surface area contributed by atoms with Crippen LogP contribution >= 0.6 is 23.8 Å². The van der Waals surface area contributed by atoms with Gasteiger partial charge < -0.3 is 25.4 Å². The summed E-state index contributed by atoms with van der Waals surface area (Å²) in [6.07, 6.45) is 0. The molecule has 0 aliphatic rings. The molecule has 9 heteroatoms. The molecule has 0 aromatic heterocycles. The molecule has 1 amide bonds. The Hall–Kier alpha value is -3.88. The van der Waals surface area contributed by atoms with Gasteiger partial charge in [0.2, 0.25) is 0 Å². The molecule has 178 valence electrons. The Bertz CT molecular complexity index is 1430. The SMILES string of the molecule is COc1cc(OC)c(NC(=S)Nc2ccc(NC(=O)c3ccccc3F)c3ccccc23)cc1Cl. The van der Waals surface area contributed by atoms with Gasteiger partial charge in [-0.3, -0.25) is 4.79 Å². The van der Waals surface area contributed by atoms with Crippen LogP contribution in [0.15, 0.2) is 72.8 Å². The maximum atomic E-state index is 14.0. The highest BCUT2D eigenvalue weighted by Crippen LogP contribution is 2.36. The Kier molecular flexibility index (Phi) is 7.33. The molecule has 6 nitrogen and oxygen atoms in total. The molecular weight excluding hydrogens is 489 g/mol. The molecule has 0 heterocycles. The Balaban J connectivity index is 1.58. The van der Waals surface area contributed by atoms with E-state index in [1.807, 2.05) is 24.3 Å². The number of benzene rings is 4. The lowest BCUT2D eigenvalue weighted by Crippen LogP contribution is -2.20. The monoisotopic (exact) mass is 509 g/mol. The second-order valence-corrected chi connectivity index (χ2v) is 8.22. The van der Waals surface area contributed by atoms with Crippen LogP contribution in [0.4, 0.5) is 21.5 Å². The number of anilines is 3. The van der Waals surface area contributed by atoms with Crippen molar-refractivity contribution >= 4 is 62.7 Å². The summed E-state index contributed by atoms with van der Waals surface area (Å²) in [5.41, 5.74) is 1.78. The second-order valence-electron chi connectivity index (χ2n) is 7.41. The lowest BCUT2D eigenvalue weighted by atomic mass is 10.1. The number of methoxy groups -OCH3 is 2. The first-order valence-corrected chi connectivity index (χ1v) is 11.3. The van der Waals surface area contributed by atoms with Crippen molar-refractivity contribution in [1.82, 2.24) is 0 Å². The average molecular weight is 510 g/mol. The molecule has 0 bridgehead atoms. The predicted octanol–water partition coefficient (Wildman–Crippen LogP) is 6.71. The highest BCUT2D eigenvalue weighted by atomic mass is 35.5. The Morgan fingerprint density at radius 1 is 0.800 bits per heavy atom. The Morgan fingerprint density at radius 2 is 1.37 bits per heavy atom. The summed E-state index contributed by atoms with van der Waals surface area (Å²) in [6.45, 7) is 0. The number of ether oxygens (including phenoxy) is 2. The van der Waals surface area contributed by atoms with Crippen LogP contribution in [0.2, 0.25) is 5.02 Å². The largest absolute Gasteiger partial charge is 0.495 e. The molecule has 0 spiro atoms. The number of carbonyl (C=O) groups is 1. The zero-order valence-corrected chi connectivity index (χ0v) is 20.4. The third-order valence-corrected chi connectivity index (χ3v) is 5.76. The normalized spacial score (nSPS) is 10.5. The minimum absolute atomic E-state index is 0.0312. The summed E-state index contributed by atoms with van der Waals surface area (Å²) in [5.74, 6) is -0.133. The molecular formula is C26H21ClFN3O3S. The number of fused-ring (bicyclic) bond motifs is 1. The van der Waals surface area contributed by atoms with E-state index in [1.165, 1.54) is 32.4 Å². The van der Waals surface area contributed by atoms with Crippen molar-refractivity contribution < 1.29 is 18.7 Å². The number of halogens is 2. The third kappa shape index (κ3) is 5.29. The van der Waals surface area contributed by atoms with E-state index < -0.39 is 11.7 Å². The zero-order valence-electron chi connectivity index (χ0n) is 18.8. The molecule has 0 unspecified atom stereocenters. The number of rotatable bonds is 6. The number of carbonyl (C=O) groups excluding carboxylic acids is 1. The highest BCUT2D eigenvalue weighted by molar-refractivity contribution is 7.80. The van der Waals surface area contributed by atoms with Gasteiger partial charge in [-0.15, -0.1) is 0 Å². The van der Waals surface area contributed by atoms with E-state index in [0.29, 0.717) is 38.7 Å². The minimum atomic E-state index is -0.585. The van der Waals surface area contributed by atoms with Gasteiger partial charge in [-0.05, 0) is 42.5 Å². The highest BCUT2D eigenvalue weighted by Gasteiger charge is 2.15. The molecule has 0 radical (unpaired) electrons. The molecule has 0 aliphatic heterocycles. The van der Waals surface area contributed by atoms with Crippen molar-refractivity contribution in [2.75, 3.05) is 30.2 Å².